The van der Waals surface area contributed by atoms with E-state index in [4.69, 9.17) is 0 Å². The van der Waals surface area contributed by atoms with Gasteiger partial charge < -0.3 is 24.7 Å². The summed E-state index contributed by atoms with van der Waals surface area (Å²) in [6.07, 6.45) is 3.01. The van der Waals surface area contributed by atoms with Gasteiger partial charge >= 0.3 is 29.6 Å². The predicted octanol–water partition coefficient (Wildman–Crippen LogP) is 0.533. The Bertz CT molecular complexity index is 756. The maximum atomic E-state index is 13.2. The summed E-state index contributed by atoms with van der Waals surface area (Å²) in [5.74, 6) is -1.75. The van der Waals surface area contributed by atoms with Gasteiger partial charge in [-0.1, -0.05) is 26.7 Å². The largest absolute Gasteiger partial charge is 1.00 e. The summed E-state index contributed by atoms with van der Waals surface area (Å²) in [5.41, 5.74) is 1.74. The van der Waals surface area contributed by atoms with Gasteiger partial charge in [-0.3, -0.25) is 0 Å². The minimum absolute atomic E-state index is 0. The van der Waals surface area contributed by atoms with Crippen molar-refractivity contribution in [3.8, 4) is 22.8 Å². The van der Waals surface area contributed by atoms with Crippen LogP contribution in [0.3, 0.4) is 0 Å². The normalized spacial score (nSPS) is 10.8. The van der Waals surface area contributed by atoms with E-state index in [1.807, 2.05) is 18.4 Å². The minimum atomic E-state index is -1.04. The third-order valence-corrected chi connectivity index (χ3v) is 4.43. The minimum Gasteiger partial charge on any atom is -0.550 e. The van der Waals surface area contributed by atoms with E-state index in [1.54, 1.807) is 12.1 Å². The van der Waals surface area contributed by atoms with E-state index < -0.39 is 5.97 Å². The molecule has 2 N–H and O–H groups in total. The number of carbonyl (C=O) groups excluding carboxylic acids is 1. The molecule has 0 aliphatic carbocycles. The molecule has 0 saturated heterocycles. The molecular weight excluding hydrogens is 360 g/mol. The van der Waals surface area contributed by atoms with E-state index >= 15 is 0 Å². The summed E-state index contributed by atoms with van der Waals surface area (Å²) in [6, 6.07) is 5.78. The van der Waals surface area contributed by atoms with Crippen LogP contribution in [-0.4, -0.2) is 20.7 Å². The molecular formula is C20H25FNNaO4. The fraction of sp³-hybridized carbons (Fsp3) is 0.450. The number of hydrogen-bond donors (Lipinski definition) is 2. The number of unbranched alkanes of at least 4 members (excludes halogenated alkanes) is 3. The number of nitrogens with zero attached hydrogens (tertiary/aromatic N) is 1. The number of carboxylic acid groups (broad SMARTS) is 1. The van der Waals surface area contributed by atoms with Crippen LogP contribution in [0, 0.1) is 5.82 Å². The van der Waals surface area contributed by atoms with E-state index in [-0.39, 0.29) is 59.2 Å². The Kier molecular flexibility index (Phi) is 9.36. The fourth-order valence-electron chi connectivity index (χ4n) is 3.22. The first-order valence-electron chi connectivity index (χ1n) is 8.93. The Morgan fingerprint density at radius 2 is 1.67 bits per heavy atom. The number of aromatic nitrogens is 1. The monoisotopic (exact) mass is 385 g/mol. The maximum absolute atomic E-state index is 13.2. The first-order valence-corrected chi connectivity index (χ1v) is 8.93. The van der Waals surface area contributed by atoms with Crippen molar-refractivity contribution in [2.45, 2.75) is 58.4 Å². The quantitative estimate of drug-likeness (QED) is 0.487. The molecule has 142 valence electrons. The Balaban J connectivity index is 0.00000364. The average Bonchev–Trinajstić information content (AvgIpc) is 2.82. The van der Waals surface area contributed by atoms with Crippen LogP contribution in [0.15, 0.2) is 24.3 Å². The van der Waals surface area contributed by atoms with E-state index in [1.165, 1.54) is 12.1 Å². The summed E-state index contributed by atoms with van der Waals surface area (Å²) in [5, 5.41) is 31.2. The molecule has 1 heterocycles. The maximum Gasteiger partial charge on any atom is 1.00 e. The SMILES string of the molecule is CC(C)c1c(O)c(O)c(-c2ccc(F)cc2)n1CCCCCCC(=O)[O-].[Na+]. The van der Waals surface area contributed by atoms with E-state index in [2.05, 4.69) is 0 Å². The summed E-state index contributed by atoms with van der Waals surface area (Å²) in [6.45, 7) is 4.43. The first-order chi connectivity index (χ1) is 12.3. The van der Waals surface area contributed by atoms with Gasteiger partial charge in [0.2, 0.25) is 0 Å². The molecule has 0 amide bonds. The first kappa shape index (κ1) is 23.5. The zero-order valence-electron chi connectivity index (χ0n) is 16.2. The summed E-state index contributed by atoms with van der Waals surface area (Å²) in [7, 11) is 0. The molecule has 0 aliphatic rings. The standard InChI is InChI=1S/C20H26FNO4.Na/c1-13(2)17-19(25)20(26)18(14-8-10-15(21)11-9-14)22(17)12-6-4-3-5-7-16(23)24;/h8-11,13,25-26H,3-7,12H2,1-2H3,(H,23,24);/q;+1/p-1. The molecule has 7 heteroatoms. The average molecular weight is 385 g/mol. The Labute approximate surface area is 181 Å². The molecule has 2 rings (SSSR count). The molecule has 5 nitrogen and oxygen atoms in total. The Morgan fingerprint density at radius 1 is 1.07 bits per heavy atom. The Morgan fingerprint density at radius 3 is 2.22 bits per heavy atom. The van der Waals surface area contributed by atoms with Gasteiger partial charge in [-0.15, -0.1) is 0 Å². The van der Waals surface area contributed by atoms with Gasteiger partial charge in [-0.2, -0.15) is 0 Å². The van der Waals surface area contributed by atoms with Crippen LogP contribution in [0.25, 0.3) is 11.3 Å². The van der Waals surface area contributed by atoms with Crippen LogP contribution in [0.4, 0.5) is 4.39 Å². The third-order valence-electron chi connectivity index (χ3n) is 4.43. The van der Waals surface area contributed by atoms with Gasteiger partial charge in [0.15, 0.2) is 11.5 Å². The number of aromatic hydroxyl groups is 2. The van der Waals surface area contributed by atoms with Gasteiger partial charge in [0.05, 0.1) is 11.4 Å². The fourth-order valence-corrected chi connectivity index (χ4v) is 3.22. The van der Waals surface area contributed by atoms with E-state index in [0.29, 0.717) is 29.9 Å². The molecule has 0 saturated carbocycles. The third kappa shape index (κ3) is 5.99. The number of hydrogen-bond acceptors (Lipinski definition) is 4. The second-order valence-electron chi connectivity index (χ2n) is 6.78. The van der Waals surface area contributed by atoms with Gasteiger partial charge in [-0.25, -0.2) is 4.39 Å². The molecule has 1 aromatic carbocycles. The van der Waals surface area contributed by atoms with Crippen molar-refractivity contribution in [1.82, 2.24) is 4.57 Å². The number of carboxylic acids is 1. The van der Waals surface area contributed by atoms with Crippen LogP contribution < -0.4 is 34.7 Å². The van der Waals surface area contributed by atoms with Crippen molar-refractivity contribution in [1.29, 1.82) is 0 Å². The number of benzene rings is 1. The summed E-state index contributed by atoms with van der Waals surface area (Å²) < 4.78 is 15.1. The van der Waals surface area contributed by atoms with Gasteiger partial charge in [0.25, 0.3) is 0 Å². The summed E-state index contributed by atoms with van der Waals surface area (Å²) in [4.78, 5) is 10.4. The smallest absolute Gasteiger partial charge is 0.550 e. The molecule has 0 bridgehead atoms. The number of aliphatic carboxylic acids is 1. The molecule has 27 heavy (non-hydrogen) atoms. The van der Waals surface area contributed by atoms with Crippen LogP contribution >= 0.6 is 0 Å². The van der Waals surface area contributed by atoms with Crippen molar-refractivity contribution >= 4 is 5.97 Å². The number of carbonyl (C=O) groups is 1. The van der Waals surface area contributed by atoms with Crippen molar-refractivity contribution in [3.63, 3.8) is 0 Å². The van der Waals surface area contributed by atoms with E-state index in [0.717, 1.165) is 19.3 Å². The predicted molar refractivity (Wildman–Crippen MR) is 95.3 cm³/mol. The second-order valence-corrected chi connectivity index (χ2v) is 6.78. The number of rotatable bonds is 9. The van der Waals surface area contributed by atoms with Gasteiger partial charge in [0.1, 0.15) is 5.82 Å². The zero-order chi connectivity index (χ0) is 19.3. The molecule has 0 unspecified atom stereocenters. The molecule has 2 aromatic rings. The molecule has 0 fully saturated rings. The van der Waals surface area contributed by atoms with Crippen molar-refractivity contribution in [2.24, 2.45) is 0 Å². The molecule has 0 radical (unpaired) electrons. The van der Waals surface area contributed by atoms with Crippen LogP contribution in [0.5, 0.6) is 11.5 Å². The van der Waals surface area contributed by atoms with Crippen molar-refractivity contribution in [2.75, 3.05) is 0 Å². The van der Waals surface area contributed by atoms with Crippen LogP contribution in [0.2, 0.25) is 0 Å². The molecule has 0 spiro atoms. The second kappa shape index (κ2) is 10.7. The summed E-state index contributed by atoms with van der Waals surface area (Å²) >= 11 is 0. The topological polar surface area (TPSA) is 85.5 Å². The number of halogens is 1. The van der Waals surface area contributed by atoms with E-state index in [9.17, 15) is 24.5 Å². The Hall–Kier alpha value is -1.50. The molecule has 1 aromatic heterocycles. The zero-order valence-corrected chi connectivity index (χ0v) is 18.2. The van der Waals surface area contributed by atoms with Crippen LogP contribution in [0.1, 0.15) is 57.6 Å². The molecule has 0 atom stereocenters. The van der Waals surface area contributed by atoms with Crippen LogP contribution in [-0.2, 0) is 11.3 Å². The van der Waals surface area contributed by atoms with Gasteiger partial charge in [0, 0.05) is 18.1 Å². The van der Waals surface area contributed by atoms with Gasteiger partial charge in [-0.05, 0) is 49.4 Å². The van der Waals surface area contributed by atoms with Crippen molar-refractivity contribution in [3.05, 3.63) is 35.8 Å². The molecule has 0 aliphatic heterocycles. The van der Waals surface area contributed by atoms with Crippen molar-refractivity contribution < 1.29 is 54.1 Å².